The van der Waals surface area contributed by atoms with Crippen molar-refractivity contribution in [3.63, 3.8) is 0 Å². The maximum absolute atomic E-state index is 14.2. The zero-order valence-corrected chi connectivity index (χ0v) is 18.8. The number of nitrogens with zero attached hydrogens (tertiary/aromatic N) is 4. The highest BCUT2D eigenvalue weighted by Gasteiger charge is 2.18. The van der Waals surface area contributed by atoms with E-state index in [9.17, 15) is 22.9 Å². The fourth-order valence-electron chi connectivity index (χ4n) is 3.21. The summed E-state index contributed by atoms with van der Waals surface area (Å²) < 4.78 is 42.7. The molecule has 11 heteroatoms. The van der Waals surface area contributed by atoms with E-state index < -0.39 is 20.9 Å². The number of benzene rings is 2. The monoisotopic (exact) mass is 481 g/mol. The van der Waals surface area contributed by atoms with Crippen molar-refractivity contribution in [2.24, 2.45) is 0 Å². The van der Waals surface area contributed by atoms with Crippen molar-refractivity contribution in [3.05, 3.63) is 77.2 Å². The van der Waals surface area contributed by atoms with Crippen molar-refractivity contribution in [2.75, 3.05) is 11.6 Å². The first-order valence-electron chi connectivity index (χ1n) is 9.54. The Morgan fingerprint density at radius 3 is 2.67 bits per heavy atom. The standard InChI is InChI=1S/C22H16FN5O3S2/c1-33(30,31)22-26-21(32-27-22)25-20(29)15(11-24)10-16-13-28(19-9-5-3-7-17(16)19)12-14-6-2-4-8-18(14)23/h2-10,13H,12H2,1H3,(H,25,26,27,29). The van der Waals surface area contributed by atoms with Gasteiger partial charge in [-0.3, -0.25) is 10.1 Å². The number of carbonyl (C=O) groups is 1. The van der Waals surface area contributed by atoms with Gasteiger partial charge in [-0.15, -0.1) is 0 Å². The van der Waals surface area contributed by atoms with E-state index >= 15 is 0 Å². The third kappa shape index (κ3) is 4.82. The molecule has 0 saturated heterocycles. The van der Waals surface area contributed by atoms with Gasteiger partial charge in [0.25, 0.3) is 11.1 Å². The highest BCUT2D eigenvalue weighted by atomic mass is 32.2. The molecule has 0 atom stereocenters. The molecular formula is C22H16FN5O3S2. The number of sulfone groups is 1. The number of para-hydroxylation sites is 1. The molecule has 166 valence electrons. The Hall–Kier alpha value is -3.88. The number of amides is 1. The van der Waals surface area contributed by atoms with Crippen LogP contribution in [0.25, 0.3) is 17.0 Å². The fourth-order valence-corrected chi connectivity index (χ4v) is 4.65. The Morgan fingerprint density at radius 1 is 1.24 bits per heavy atom. The van der Waals surface area contributed by atoms with Gasteiger partial charge in [-0.2, -0.15) is 14.6 Å². The number of rotatable bonds is 6. The second-order valence-corrected chi connectivity index (χ2v) is 9.76. The van der Waals surface area contributed by atoms with E-state index in [-0.39, 0.29) is 23.1 Å². The number of nitriles is 1. The quantitative estimate of drug-likeness (QED) is 0.332. The summed E-state index contributed by atoms with van der Waals surface area (Å²) in [6, 6.07) is 15.7. The van der Waals surface area contributed by atoms with Gasteiger partial charge in [-0.05, 0) is 18.2 Å². The molecule has 1 amide bonds. The van der Waals surface area contributed by atoms with Gasteiger partial charge < -0.3 is 4.57 Å². The Balaban J connectivity index is 1.67. The van der Waals surface area contributed by atoms with Crippen molar-refractivity contribution in [1.82, 2.24) is 13.9 Å². The molecule has 0 saturated carbocycles. The molecule has 4 aromatic rings. The van der Waals surface area contributed by atoms with Crippen molar-refractivity contribution < 1.29 is 17.6 Å². The molecule has 8 nitrogen and oxygen atoms in total. The lowest BCUT2D eigenvalue weighted by Gasteiger charge is -2.06. The highest BCUT2D eigenvalue weighted by molar-refractivity contribution is 7.90. The molecule has 2 heterocycles. The molecule has 0 aliphatic heterocycles. The van der Waals surface area contributed by atoms with Gasteiger partial charge >= 0.3 is 0 Å². The number of halogens is 1. The lowest BCUT2D eigenvalue weighted by Crippen LogP contribution is -2.13. The van der Waals surface area contributed by atoms with Gasteiger partial charge in [0.05, 0.1) is 6.54 Å². The molecule has 1 N–H and O–H groups in total. The Labute approximate surface area is 192 Å². The van der Waals surface area contributed by atoms with Crippen LogP contribution >= 0.6 is 11.5 Å². The summed E-state index contributed by atoms with van der Waals surface area (Å²) in [6.45, 7) is 0.272. The molecule has 33 heavy (non-hydrogen) atoms. The third-order valence-electron chi connectivity index (χ3n) is 4.74. The van der Waals surface area contributed by atoms with E-state index in [1.165, 1.54) is 12.1 Å². The summed E-state index contributed by atoms with van der Waals surface area (Å²) in [6.07, 6.45) is 4.13. The Bertz CT molecular complexity index is 1550. The van der Waals surface area contributed by atoms with E-state index in [2.05, 4.69) is 14.7 Å². The number of fused-ring (bicyclic) bond motifs is 1. The predicted octanol–water partition coefficient (Wildman–Crippen LogP) is 3.63. The van der Waals surface area contributed by atoms with Crippen LogP contribution in [0.2, 0.25) is 0 Å². The molecule has 0 unspecified atom stereocenters. The van der Waals surface area contributed by atoms with Gasteiger partial charge in [0, 0.05) is 46.0 Å². The molecule has 0 radical (unpaired) electrons. The van der Waals surface area contributed by atoms with Crippen molar-refractivity contribution >= 4 is 49.4 Å². The van der Waals surface area contributed by atoms with Crippen LogP contribution in [0.5, 0.6) is 0 Å². The predicted molar refractivity (Wildman–Crippen MR) is 123 cm³/mol. The van der Waals surface area contributed by atoms with Crippen LogP contribution < -0.4 is 5.32 Å². The Kier molecular flexibility index (Phi) is 6.04. The number of hydrogen-bond donors (Lipinski definition) is 1. The topological polar surface area (TPSA) is 118 Å². The van der Waals surface area contributed by atoms with Crippen LogP contribution in [0.1, 0.15) is 11.1 Å². The van der Waals surface area contributed by atoms with Crippen LogP contribution in [0.15, 0.2) is 65.5 Å². The number of nitrogens with one attached hydrogen (secondary N) is 1. The van der Waals surface area contributed by atoms with Gasteiger partial charge in [0.1, 0.15) is 17.5 Å². The van der Waals surface area contributed by atoms with E-state index in [4.69, 9.17) is 0 Å². The molecule has 0 aliphatic carbocycles. The van der Waals surface area contributed by atoms with Crippen LogP contribution in [0.4, 0.5) is 9.52 Å². The summed E-state index contributed by atoms with van der Waals surface area (Å²) in [5, 5.41) is 12.3. The summed E-state index contributed by atoms with van der Waals surface area (Å²) in [5.41, 5.74) is 1.71. The lowest BCUT2D eigenvalue weighted by atomic mass is 10.1. The summed E-state index contributed by atoms with van der Waals surface area (Å²) in [4.78, 5) is 16.4. The summed E-state index contributed by atoms with van der Waals surface area (Å²) >= 11 is 0.700. The minimum atomic E-state index is -3.61. The average Bonchev–Trinajstić information content (AvgIpc) is 3.39. The number of carbonyl (C=O) groups excluding carboxylic acids is 1. The van der Waals surface area contributed by atoms with Crippen molar-refractivity contribution in [1.29, 1.82) is 5.26 Å². The van der Waals surface area contributed by atoms with E-state index in [1.54, 1.807) is 24.4 Å². The minimum absolute atomic E-state index is 0.0384. The van der Waals surface area contributed by atoms with E-state index in [1.807, 2.05) is 34.9 Å². The van der Waals surface area contributed by atoms with Gasteiger partial charge in [0.15, 0.2) is 0 Å². The molecular weight excluding hydrogens is 465 g/mol. The maximum Gasteiger partial charge on any atom is 0.268 e. The summed E-state index contributed by atoms with van der Waals surface area (Å²) in [7, 11) is -3.61. The first-order valence-corrected chi connectivity index (χ1v) is 12.2. The SMILES string of the molecule is CS(=O)(=O)c1nsc(NC(=O)C(C#N)=Cc2cn(Cc3ccccc3F)c3ccccc23)n1. The fraction of sp³-hybridized carbons (Fsp3) is 0.0909. The molecule has 2 aromatic heterocycles. The van der Waals surface area contributed by atoms with Gasteiger partial charge in [-0.1, -0.05) is 36.4 Å². The molecule has 2 aromatic carbocycles. The maximum atomic E-state index is 14.2. The van der Waals surface area contributed by atoms with Crippen LogP contribution in [0.3, 0.4) is 0 Å². The van der Waals surface area contributed by atoms with Gasteiger partial charge in [0.2, 0.25) is 15.0 Å². The number of anilines is 1. The molecule has 4 rings (SSSR count). The highest BCUT2D eigenvalue weighted by Crippen LogP contribution is 2.25. The number of hydrogen-bond acceptors (Lipinski definition) is 7. The van der Waals surface area contributed by atoms with E-state index in [0.717, 1.165) is 17.2 Å². The first kappa shape index (κ1) is 22.3. The smallest absolute Gasteiger partial charge is 0.268 e. The average molecular weight is 482 g/mol. The molecule has 0 aliphatic rings. The van der Waals surface area contributed by atoms with Crippen molar-refractivity contribution in [2.45, 2.75) is 11.7 Å². The molecule has 0 spiro atoms. The lowest BCUT2D eigenvalue weighted by molar-refractivity contribution is -0.112. The zero-order chi connectivity index (χ0) is 23.6. The largest absolute Gasteiger partial charge is 0.342 e. The Morgan fingerprint density at radius 2 is 1.97 bits per heavy atom. The molecule has 0 fully saturated rings. The van der Waals surface area contributed by atoms with Crippen LogP contribution in [-0.2, 0) is 21.2 Å². The van der Waals surface area contributed by atoms with Gasteiger partial charge in [-0.25, -0.2) is 12.8 Å². The van der Waals surface area contributed by atoms with Crippen LogP contribution in [-0.4, -0.2) is 34.5 Å². The normalized spacial score (nSPS) is 12.0. The summed E-state index contributed by atoms with van der Waals surface area (Å²) in [5.74, 6) is -1.07. The van der Waals surface area contributed by atoms with Crippen LogP contribution in [0, 0.1) is 17.1 Å². The number of aromatic nitrogens is 3. The van der Waals surface area contributed by atoms with Crippen molar-refractivity contribution in [3.8, 4) is 6.07 Å². The minimum Gasteiger partial charge on any atom is -0.342 e. The van der Waals surface area contributed by atoms with E-state index in [0.29, 0.717) is 22.7 Å². The zero-order valence-electron chi connectivity index (χ0n) is 17.2. The first-order chi connectivity index (χ1) is 15.8. The molecule has 0 bridgehead atoms. The second-order valence-electron chi connectivity index (χ2n) is 7.10. The second kappa shape index (κ2) is 8.93. The third-order valence-corrected chi connectivity index (χ3v) is 6.33.